The average Bonchev–Trinajstić information content (AvgIpc) is 2.76. The number of hydrogen-bond acceptors (Lipinski definition) is 4. The molecule has 152 valence electrons. The van der Waals surface area contributed by atoms with Gasteiger partial charge >= 0.3 is 0 Å². The molecule has 1 aliphatic rings. The molecule has 1 N–H and O–H groups in total. The maximum Gasteiger partial charge on any atom is 0.193 e. The van der Waals surface area contributed by atoms with Gasteiger partial charge in [0.2, 0.25) is 0 Å². The first-order valence-corrected chi connectivity index (χ1v) is 10.0. The van der Waals surface area contributed by atoms with Crippen molar-refractivity contribution in [3.8, 4) is 11.5 Å². The maximum absolute atomic E-state index is 13.5. The Morgan fingerprint density at radius 2 is 1.79 bits per heavy atom. The fraction of sp³-hybridized carbons (Fsp3) is 0.304. The molecular formula is C23H26N2O3S. The second kappa shape index (κ2) is 9.09. The fourth-order valence-electron chi connectivity index (χ4n) is 3.60. The molecule has 0 fully saturated rings. The highest BCUT2D eigenvalue weighted by Crippen LogP contribution is 2.37. The van der Waals surface area contributed by atoms with E-state index in [1.54, 1.807) is 14.2 Å². The summed E-state index contributed by atoms with van der Waals surface area (Å²) in [6, 6.07) is 14.6. The van der Waals surface area contributed by atoms with Gasteiger partial charge in [-0.25, -0.2) is 0 Å². The van der Waals surface area contributed by atoms with Crippen molar-refractivity contribution >= 4 is 23.1 Å². The third-order valence-electron chi connectivity index (χ3n) is 5.07. The SMILES string of the molecule is CCCN1C(=S)NC(c2ccc(OC)c(OC)c2)C(C(=O)c2ccccc2)=C1C. The molecule has 0 spiro atoms. The van der Waals surface area contributed by atoms with Crippen molar-refractivity contribution < 1.29 is 14.3 Å². The monoisotopic (exact) mass is 410 g/mol. The van der Waals surface area contributed by atoms with E-state index in [0.717, 1.165) is 24.2 Å². The van der Waals surface area contributed by atoms with Gasteiger partial charge in [0.1, 0.15) is 0 Å². The Labute approximate surface area is 177 Å². The second-order valence-electron chi connectivity index (χ2n) is 6.84. The van der Waals surface area contributed by atoms with Crippen molar-refractivity contribution in [3.05, 3.63) is 70.9 Å². The lowest BCUT2D eigenvalue weighted by Crippen LogP contribution is -2.47. The van der Waals surface area contributed by atoms with Crippen LogP contribution in [0.1, 0.15) is 42.2 Å². The van der Waals surface area contributed by atoms with E-state index in [4.69, 9.17) is 21.7 Å². The zero-order valence-electron chi connectivity index (χ0n) is 17.2. The first-order valence-electron chi connectivity index (χ1n) is 9.62. The first-order chi connectivity index (χ1) is 14.0. The van der Waals surface area contributed by atoms with Gasteiger partial charge in [0, 0.05) is 23.4 Å². The molecule has 0 amide bonds. The van der Waals surface area contributed by atoms with Crippen LogP contribution >= 0.6 is 12.2 Å². The number of Topliss-reactive ketones (excluding diaryl/α,β-unsaturated/α-hetero) is 1. The zero-order valence-corrected chi connectivity index (χ0v) is 18.0. The number of carbonyl (C=O) groups excluding carboxylic acids is 1. The third-order valence-corrected chi connectivity index (χ3v) is 5.40. The van der Waals surface area contributed by atoms with Crippen LogP contribution in [0.15, 0.2) is 59.8 Å². The van der Waals surface area contributed by atoms with E-state index in [1.165, 1.54) is 0 Å². The number of hydrogen-bond donors (Lipinski definition) is 1. The predicted octanol–water partition coefficient (Wildman–Crippen LogP) is 4.50. The maximum atomic E-state index is 13.5. The van der Waals surface area contributed by atoms with E-state index < -0.39 is 0 Å². The summed E-state index contributed by atoms with van der Waals surface area (Å²) in [5, 5.41) is 3.99. The van der Waals surface area contributed by atoms with Crippen LogP contribution in [-0.4, -0.2) is 36.6 Å². The Morgan fingerprint density at radius 1 is 1.10 bits per heavy atom. The summed E-state index contributed by atoms with van der Waals surface area (Å²) >= 11 is 5.63. The van der Waals surface area contributed by atoms with Crippen LogP contribution in [-0.2, 0) is 0 Å². The lowest BCUT2D eigenvalue weighted by atomic mass is 9.89. The van der Waals surface area contributed by atoms with Crippen LogP contribution in [0.3, 0.4) is 0 Å². The summed E-state index contributed by atoms with van der Waals surface area (Å²) in [6.45, 7) is 4.81. The van der Waals surface area contributed by atoms with Gasteiger partial charge < -0.3 is 19.7 Å². The zero-order chi connectivity index (χ0) is 21.0. The van der Waals surface area contributed by atoms with Gasteiger partial charge in [-0.15, -0.1) is 0 Å². The minimum absolute atomic E-state index is 0.0148. The highest BCUT2D eigenvalue weighted by atomic mass is 32.1. The molecule has 1 aliphatic heterocycles. The number of ketones is 1. The largest absolute Gasteiger partial charge is 0.493 e. The molecule has 0 saturated carbocycles. The predicted molar refractivity (Wildman–Crippen MR) is 118 cm³/mol. The standard InChI is InChI=1S/C23H26N2O3S/c1-5-13-25-15(2)20(22(26)16-9-7-6-8-10-16)21(24-23(25)29)17-11-12-18(27-3)19(14-17)28-4/h6-12,14,21H,5,13H2,1-4H3,(H,24,29). The summed E-state index contributed by atoms with van der Waals surface area (Å²) in [6.07, 6.45) is 0.924. The van der Waals surface area contributed by atoms with Crippen molar-refractivity contribution in [2.24, 2.45) is 0 Å². The Hall–Kier alpha value is -2.86. The summed E-state index contributed by atoms with van der Waals surface area (Å²) in [5.41, 5.74) is 3.10. The number of nitrogens with one attached hydrogen (secondary N) is 1. The van der Waals surface area contributed by atoms with Gasteiger partial charge in [-0.3, -0.25) is 4.79 Å². The van der Waals surface area contributed by atoms with Gasteiger partial charge in [-0.1, -0.05) is 43.3 Å². The summed E-state index contributed by atoms with van der Waals surface area (Å²) in [7, 11) is 3.20. The molecule has 2 aromatic rings. The van der Waals surface area contributed by atoms with Crippen LogP contribution in [0, 0.1) is 0 Å². The van der Waals surface area contributed by atoms with E-state index in [2.05, 4.69) is 12.2 Å². The molecule has 1 unspecified atom stereocenters. The van der Waals surface area contributed by atoms with E-state index in [9.17, 15) is 4.79 Å². The summed E-state index contributed by atoms with van der Waals surface area (Å²) < 4.78 is 10.8. The molecular weight excluding hydrogens is 384 g/mol. The lowest BCUT2D eigenvalue weighted by molar-refractivity contribution is 0.102. The number of methoxy groups -OCH3 is 2. The number of rotatable bonds is 7. The van der Waals surface area contributed by atoms with Crippen LogP contribution in [0.25, 0.3) is 0 Å². The number of ether oxygens (including phenoxy) is 2. The molecule has 0 radical (unpaired) electrons. The Bertz CT molecular complexity index is 940. The van der Waals surface area contributed by atoms with Gasteiger partial charge in [0.05, 0.1) is 20.3 Å². The Morgan fingerprint density at radius 3 is 2.41 bits per heavy atom. The van der Waals surface area contributed by atoms with E-state index >= 15 is 0 Å². The van der Waals surface area contributed by atoms with E-state index in [0.29, 0.717) is 27.7 Å². The molecule has 29 heavy (non-hydrogen) atoms. The van der Waals surface area contributed by atoms with Gasteiger partial charge in [-0.2, -0.15) is 0 Å². The van der Waals surface area contributed by atoms with Crippen molar-refractivity contribution in [1.82, 2.24) is 10.2 Å². The Kier molecular flexibility index (Phi) is 6.54. The molecule has 1 heterocycles. The number of carbonyl (C=O) groups is 1. The molecule has 6 heteroatoms. The van der Waals surface area contributed by atoms with E-state index in [1.807, 2.05) is 60.4 Å². The minimum atomic E-state index is -0.372. The first kappa shape index (κ1) is 20.9. The minimum Gasteiger partial charge on any atom is -0.493 e. The lowest BCUT2D eigenvalue weighted by Gasteiger charge is -2.38. The average molecular weight is 411 g/mol. The molecule has 0 aliphatic carbocycles. The summed E-state index contributed by atoms with van der Waals surface area (Å²) in [5.74, 6) is 1.23. The van der Waals surface area contributed by atoms with Crippen molar-refractivity contribution in [2.45, 2.75) is 26.3 Å². The molecule has 0 saturated heterocycles. The van der Waals surface area contributed by atoms with Gasteiger partial charge in [0.25, 0.3) is 0 Å². The van der Waals surface area contributed by atoms with Crippen LogP contribution in [0.2, 0.25) is 0 Å². The molecule has 3 rings (SSSR count). The molecule has 0 aromatic heterocycles. The number of benzene rings is 2. The van der Waals surface area contributed by atoms with Gasteiger partial charge in [0.15, 0.2) is 22.4 Å². The summed E-state index contributed by atoms with van der Waals surface area (Å²) in [4.78, 5) is 15.5. The third kappa shape index (κ3) is 4.12. The number of allylic oxidation sites excluding steroid dienone is 1. The van der Waals surface area contributed by atoms with Crippen LogP contribution in [0.5, 0.6) is 11.5 Å². The van der Waals surface area contributed by atoms with E-state index in [-0.39, 0.29) is 11.8 Å². The Balaban J connectivity index is 2.14. The topological polar surface area (TPSA) is 50.8 Å². The number of thiocarbonyl (C=S) groups is 1. The van der Waals surface area contributed by atoms with Crippen molar-refractivity contribution in [2.75, 3.05) is 20.8 Å². The fourth-order valence-corrected chi connectivity index (χ4v) is 3.94. The van der Waals surface area contributed by atoms with Crippen LogP contribution in [0.4, 0.5) is 0 Å². The highest BCUT2D eigenvalue weighted by Gasteiger charge is 2.34. The highest BCUT2D eigenvalue weighted by molar-refractivity contribution is 7.80. The van der Waals surface area contributed by atoms with Crippen LogP contribution < -0.4 is 14.8 Å². The quantitative estimate of drug-likeness (QED) is 0.536. The normalized spacial score (nSPS) is 16.5. The van der Waals surface area contributed by atoms with Gasteiger partial charge in [-0.05, 0) is 43.3 Å². The second-order valence-corrected chi connectivity index (χ2v) is 7.23. The van der Waals surface area contributed by atoms with Crippen molar-refractivity contribution in [3.63, 3.8) is 0 Å². The molecule has 1 atom stereocenters. The smallest absolute Gasteiger partial charge is 0.193 e. The molecule has 5 nitrogen and oxygen atoms in total. The molecule has 0 bridgehead atoms. The molecule has 2 aromatic carbocycles. The van der Waals surface area contributed by atoms with Crippen molar-refractivity contribution in [1.29, 1.82) is 0 Å². The number of nitrogens with zero attached hydrogens (tertiary/aromatic N) is 1.